The second-order valence-electron chi connectivity index (χ2n) is 15.1. The van der Waals surface area contributed by atoms with Crippen LogP contribution in [0.5, 0.6) is 5.75 Å². The summed E-state index contributed by atoms with van der Waals surface area (Å²) >= 11 is 3.58. The molecule has 0 aliphatic carbocycles. The Morgan fingerprint density at radius 1 is 1.00 bits per heavy atom. The maximum Gasteiger partial charge on any atom is 0.249 e. The van der Waals surface area contributed by atoms with Crippen LogP contribution < -0.4 is 15.4 Å². The predicted molar refractivity (Wildman–Crippen MR) is 199 cm³/mol. The first-order valence-electron chi connectivity index (χ1n) is 17.9. The van der Waals surface area contributed by atoms with Crippen molar-refractivity contribution in [2.45, 2.75) is 63.0 Å². The Labute approximate surface area is 307 Å². The number of carbonyl (C=O) groups excluding carboxylic acids is 2. The Balaban J connectivity index is 1.28. The fraction of sp³-hybridized carbons (Fsp3) is 0.317. The van der Waals surface area contributed by atoms with Gasteiger partial charge in [0.15, 0.2) is 23.4 Å². The van der Waals surface area contributed by atoms with Crippen molar-refractivity contribution in [3.63, 3.8) is 0 Å². The molecule has 4 aliphatic rings. The second-order valence-corrected chi connectivity index (χ2v) is 16.1. The van der Waals surface area contributed by atoms with E-state index in [1.54, 1.807) is 6.20 Å². The molecule has 0 saturated heterocycles. The molecule has 52 heavy (non-hydrogen) atoms. The second kappa shape index (κ2) is 11.2. The third-order valence-electron chi connectivity index (χ3n) is 11.3. The van der Waals surface area contributed by atoms with Crippen LogP contribution >= 0.6 is 15.9 Å². The summed E-state index contributed by atoms with van der Waals surface area (Å²) in [5.41, 5.74) is 7.08. The number of nitrogens with zero attached hydrogens (tertiary/aromatic N) is 2. The quantitative estimate of drug-likeness (QED) is 0.150. The summed E-state index contributed by atoms with van der Waals surface area (Å²) in [6.45, 7) is 8.03. The number of rotatable bonds is 5. The minimum atomic E-state index is -1.01. The predicted octanol–water partition coefficient (Wildman–Crippen LogP) is 8.30. The van der Waals surface area contributed by atoms with Gasteiger partial charge >= 0.3 is 0 Å². The molecule has 10 nitrogen and oxygen atoms in total. The van der Waals surface area contributed by atoms with Gasteiger partial charge in [0.2, 0.25) is 17.7 Å². The largest absolute Gasteiger partial charge is 0.469 e. The average Bonchev–Trinajstić information content (AvgIpc) is 3.95. The number of oxazole rings is 2. The van der Waals surface area contributed by atoms with Gasteiger partial charge < -0.3 is 29.2 Å². The lowest BCUT2D eigenvalue weighted by Crippen LogP contribution is -2.40. The average molecular weight is 759 g/mol. The van der Waals surface area contributed by atoms with Gasteiger partial charge in [-0.3, -0.25) is 9.59 Å². The van der Waals surface area contributed by atoms with Gasteiger partial charge in [0.05, 0.1) is 11.0 Å². The lowest BCUT2D eigenvalue weighted by atomic mass is 9.72. The number of hydrogen-bond donors (Lipinski definition) is 3. The minimum absolute atomic E-state index is 0.00282. The van der Waals surface area contributed by atoms with Crippen LogP contribution in [0.1, 0.15) is 68.5 Å². The summed E-state index contributed by atoms with van der Waals surface area (Å²) in [5, 5.41) is 8.07. The highest BCUT2D eigenvalue weighted by atomic mass is 79.9. The molecule has 3 N–H and O–H groups in total. The minimum Gasteiger partial charge on any atom is -0.469 e. The molecule has 1 amide bonds. The van der Waals surface area contributed by atoms with Crippen molar-refractivity contribution in [1.82, 2.24) is 20.3 Å². The molecule has 0 fully saturated rings. The van der Waals surface area contributed by atoms with Crippen LogP contribution in [-0.2, 0) is 21.4 Å². The number of hydrogen-bond acceptors (Lipinski definition) is 8. The Bertz CT molecular complexity index is 2480. The lowest BCUT2D eigenvalue weighted by Gasteiger charge is -2.28. The van der Waals surface area contributed by atoms with Crippen LogP contribution in [-0.4, -0.2) is 37.7 Å². The number of alkyl halides is 1. The first-order chi connectivity index (χ1) is 25.1. The summed E-state index contributed by atoms with van der Waals surface area (Å²) in [6.07, 6.45) is 3.55. The zero-order chi connectivity index (χ0) is 35.6. The van der Waals surface area contributed by atoms with E-state index < -0.39 is 23.6 Å². The van der Waals surface area contributed by atoms with Gasteiger partial charge in [0, 0.05) is 57.4 Å². The zero-order valence-electron chi connectivity index (χ0n) is 29.0. The molecule has 5 atom stereocenters. The van der Waals surface area contributed by atoms with Crippen LogP contribution in [0.15, 0.2) is 75.8 Å². The van der Waals surface area contributed by atoms with Crippen molar-refractivity contribution in [2.24, 2.45) is 17.8 Å². The van der Waals surface area contributed by atoms with Crippen molar-refractivity contribution >= 4 is 44.2 Å². The summed E-state index contributed by atoms with van der Waals surface area (Å²) in [6, 6.07) is 18.1. The van der Waals surface area contributed by atoms with Gasteiger partial charge in [0.1, 0.15) is 23.0 Å². The standard InChI is InChI=1S/C41H36BrN5O5/c1-18(2)32(42)28(48)15-21-13-20-11-12-29-26(14-20)41-25-9-5-8-23(34(25)47-40(41)51-29)22-7-6-10-27-31(22)24(16-43-27)30-17-44-38(50-30)35-36(41)52-39(46-35)33(19(3)4)45-37(21)49/h5-12,14,16-19,21,32-33,40,43,47H,13,15H2,1-4H3,(H,45,49)/t21-,32?,33+,40+,41?/m1/s1. The van der Waals surface area contributed by atoms with Crippen molar-refractivity contribution in [1.29, 1.82) is 0 Å². The van der Waals surface area contributed by atoms with Crippen LogP contribution in [0.3, 0.4) is 0 Å². The molecule has 6 aromatic rings. The fourth-order valence-corrected chi connectivity index (χ4v) is 8.89. The molecule has 262 valence electrons. The Morgan fingerprint density at radius 3 is 2.65 bits per heavy atom. The van der Waals surface area contributed by atoms with Crippen LogP contribution in [0.25, 0.3) is 44.9 Å². The van der Waals surface area contributed by atoms with E-state index >= 15 is 0 Å². The van der Waals surface area contributed by atoms with Crippen molar-refractivity contribution < 1.29 is 23.2 Å². The third-order valence-corrected chi connectivity index (χ3v) is 12.8. The van der Waals surface area contributed by atoms with Gasteiger partial charge in [-0.05, 0) is 41.5 Å². The number of para-hydroxylation sites is 1. The molecular formula is C41H36BrN5O5. The molecule has 7 heterocycles. The van der Waals surface area contributed by atoms with Gasteiger partial charge in [-0.2, -0.15) is 0 Å². The normalized spacial score (nSPS) is 22.7. The number of aromatic amines is 1. The van der Waals surface area contributed by atoms with E-state index in [4.69, 9.17) is 23.5 Å². The van der Waals surface area contributed by atoms with E-state index in [1.165, 1.54) is 0 Å². The molecule has 10 rings (SSSR count). The van der Waals surface area contributed by atoms with Gasteiger partial charge in [-0.25, -0.2) is 9.97 Å². The number of nitrogens with one attached hydrogen (secondary N) is 3. The van der Waals surface area contributed by atoms with Crippen molar-refractivity contribution in [2.75, 3.05) is 5.32 Å². The maximum absolute atomic E-state index is 14.3. The number of ketones is 1. The number of carbonyl (C=O) groups is 2. The number of amides is 1. The number of aromatic nitrogens is 3. The van der Waals surface area contributed by atoms with Gasteiger partial charge in [-0.15, -0.1) is 0 Å². The first-order valence-corrected chi connectivity index (χ1v) is 18.8. The lowest BCUT2D eigenvalue weighted by molar-refractivity contribution is -0.130. The van der Waals surface area contributed by atoms with Crippen LogP contribution in [0.4, 0.5) is 5.69 Å². The number of benzene rings is 3. The number of H-pyrrole nitrogens is 1. The summed E-state index contributed by atoms with van der Waals surface area (Å²) in [7, 11) is 0. The Kier molecular flexibility index (Phi) is 6.78. The first kappa shape index (κ1) is 31.6. The van der Waals surface area contributed by atoms with Gasteiger partial charge in [-0.1, -0.05) is 86.1 Å². The highest BCUT2D eigenvalue weighted by Crippen LogP contribution is 2.61. The molecule has 2 unspecified atom stereocenters. The van der Waals surface area contributed by atoms with E-state index in [1.807, 2.05) is 46.0 Å². The molecule has 1 spiro atoms. The summed E-state index contributed by atoms with van der Waals surface area (Å²) < 4.78 is 20.5. The highest BCUT2D eigenvalue weighted by molar-refractivity contribution is 9.10. The number of Topliss-reactive ketones (excluding diaryl/α,β-unsaturated/α-hetero) is 1. The van der Waals surface area contributed by atoms with Crippen molar-refractivity contribution in [3.8, 4) is 39.8 Å². The molecule has 4 aliphatic heterocycles. The number of fused-ring (bicyclic) bond motifs is 7. The molecule has 0 saturated carbocycles. The molecule has 3 aromatic heterocycles. The van der Waals surface area contributed by atoms with E-state index in [0.717, 1.165) is 50.0 Å². The SMILES string of the molecule is CC(C)C(Br)C(=O)C[C@H]1Cc2ccc3c(c2)C24c5cccc(c5N[C@H]2O3)-c2cccc3[nH]cc(c23)-c2cnc(o2)-c2nc(oc24)[C@H](C(C)C)NC1=O. The Hall–Kier alpha value is -5.16. The Morgan fingerprint density at radius 2 is 1.83 bits per heavy atom. The van der Waals surface area contributed by atoms with E-state index in [0.29, 0.717) is 41.2 Å². The van der Waals surface area contributed by atoms with Crippen LogP contribution in [0.2, 0.25) is 0 Å². The molecule has 3 aromatic carbocycles. The van der Waals surface area contributed by atoms with E-state index in [9.17, 15) is 9.59 Å². The molecule has 0 radical (unpaired) electrons. The molecule has 11 heteroatoms. The number of anilines is 1. The number of halogens is 1. The van der Waals surface area contributed by atoms with Crippen LogP contribution in [0, 0.1) is 17.8 Å². The number of ether oxygens (including phenoxy) is 1. The fourth-order valence-electron chi connectivity index (χ4n) is 8.70. The molecule has 10 bridgehead atoms. The van der Waals surface area contributed by atoms with E-state index in [2.05, 4.69) is 74.0 Å². The van der Waals surface area contributed by atoms with E-state index in [-0.39, 0.29) is 34.8 Å². The zero-order valence-corrected chi connectivity index (χ0v) is 30.6. The van der Waals surface area contributed by atoms with Gasteiger partial charge in [0.25, 0.3) is 0 Å². The smallest absolute Gasteiger partial charge is 0.249 e. The van der Waals surface area contributed by atoms with Crippen molar-refractivity contribution in [3.05, 3.63) is 95.3 Å². The summed E-state index contributed by atoms with van der Waals surface area (Å²) in [4.78, 5) is 40.8. The monoisotopic (exact) mass is 757 g/mol. The third kappa shape index (κ3) is 4.28. The highest BCUT2D eigenvalue weighted by Gasteiger charge is 2.61. The summed E-state index contributed by atoms with van der Waals surface area (Å²) in [5.74, 6) is 1.60. The molecular weight excluding hydrogens is 722 g/mol. The topological polar surface area (TPSA) is 135 Å². The maximum atomic E-state index is 14.3.